The molecular weight excluding hydrogens is 268 g/mol. The molecule has 104 valence electrons. The van der Waals surface area contributed by atoms with Crippen LogP contribution in [-0.4, -0.2) is 21.4 Å². The second-order valence-electron chi connectivity index (χ2n) is 4.74. The Kier molecular flexibility index (Phi) is 3.23. The predicted octanol–water partition coefficient (Wildman–Crippen LogP) is 2.03. The van der Waals surface area contributed by atoms with Crippen LogP contribution in [0.3, 0.4) is 0 Å². The monoisotopic (exact) mass is 280 g/mol. The molecule has 2 aromatic heterocycles. The van der Waals surface area contributed by atoms with Crippen molar-refractivity contribution in [3.05, 3.63) is 69.6 Å². The Labute approximate surface area is 119 Å². The second kappa shape index (κ2) is 5.20. The molecule has 0 aliphatic carbocycles. The molecule has 0 saturated heterocycles. The highest BCUT2D eigenvalue weighted by Gasteiger charge is 2.12. The average Bonchev–Trinajstić information content (AvgIpc) is 2.48. The molecule has 0 saturated carbocycles. The lowest BCUT2D eigenvalue weighted by Gasteiger charge is -2.06. The molecule has 0 atom stereocenters. The zero-order valence-electron chi connectivity index (χ0n) is 11.0. The van der Waals surface area contributed by atoms with E-state index in [4.69, 9.17) is 0 Å². The summed E-state index contributed by atoms with van der Waals surface area (Å²) in [6, 6.07) is 11.6. The molecule has 5 heteroatoms. The summed E-state index contributed by atoms with van der Waals surface area (Å²) in [5.74, 6) is -0.380. The van der Waals surface area contributed by atoms with Crippen LogP contribution in [0.2, 0.25) is 0 Å². The lowest BCUT2D eigenvalue weighted by molar-refractivity contribution is 0.112. The summed E-state index contributed by atoms with van der Waals surface area (Å²) < 4.78 is 0. The number of aromatic amines is 1. The maximum Gasteiger partial charge on any atom is 0.262 e. The summed E-state index contributed by atoms with van der Waals surface area (Å²) >= 11 is 0. The summed E-state index contributed by atoms with van der Waals surface area (Å²) in [5.41, 5.74) is 1.74. The van der Waals surface area contributed by atoms with Gasteiger partial charge in [-0.25, -0.2) is 0 Å². The van der Waals surface area contributed by atoms with E-state index in [1.165, 1.54) is 0 Å². The van der Waals surface area contributed by atoms with E-state index in [1.54, 1.807) is 12.3 Å². The smallest absolute Gasteiger partial charge is 0.262 e. The van der Waals surface area contributed by atoms with Gasteiger partial charge in [-0.15, -0.1) is 0 Å². The van der Waals surface area contributed by atoms with Crippen molar-refractivity contribution in [1.82, 2.24) is 9.97 Å². The van der Waals surface area contributed by atoms with Crippen LogP contribution in [0.25, 0.3) is 11.0 Å². The van der Waals surface area contributed by atoms with Crippen LogP contribution in [0.5, 0.6) is 5.75 Å². The van der Waals surface area contributed by atoms with Crippen molar-refractivity contribution in [2.45, 2.75) is 6.42 Å². The lowest BCUT2D eigenvalue weighted by atomic mass is 10.1. The summed E-state index contributed by atoms with van der Waals surface area (Å²) in [7, 11) is 0. The van der Waals surface area contributed by atoms with E-state index in [9.17, 15) is 14.7 Å². The number of aromatic hydroxyl groups is 1. The van der Waals surface area contributed by atoms with Crippen LogP contribution in [0, 0.1) is 0 Å². The van der Waals surface area contributed by atoms with Gasteiger partial charge in [0.2, 0.25) is 0 Å². The number of rotatable bonds is 3. The van der Waals surface area contributed by atoms with Crippen molar-refractivity contribution in [3.8, 4) is 5.75 Å². The van der Waals surface area contributed by atoms with Gasteiger partial charge in [0.15, 0.2) is 12.0 Å². The van der Waals surface area contributed by atoms with E-state index in [1.807, 2.05) is 30.3 Å². The number of aromatic nitrogens is 2. The molecule has 0 unspecified atom stereocenters. The summed E-state index contributed by atoms with van der Waals surface area (Å²) in [5, 5.41) is 9.90. The number of fused-ring (bicyclic) bond motifs is 1. The number of aldehydes is 1. The van der Waals surface area contributed by atoms with Gasteiger partial charge in [-0.2, -0.15) is 0 Å². The maximum absolute atomic E-state index is 11.7. The quantitative estimate of drug-likeness (QED) is 0.719. The van der Waals surface area contributed by atoms with E-state index in [0.29, 0.717) is 18.2 Å². The van der Waals surface area contributed by atoms with Gasteiger partial charge in [0.25, 0.3) is 5.56 Å². The van der Waals surface area contributed by atoms with Crippen LogP contribution >= 0.6 is 0 Å². The number of hydrogen-bond acceptors (Lipinski definition) is 4. The highest BCUT2D eigenvalue weighted by atomic mass is 16.3. The van der Waals surface area contributed by atoms with Gasteiger partial charge in [-0.1, -0.05) is 30.3 Å². The summed E-state index contributed by atoms with van der Waals surface area (Å²) in [4.78, 5) is 29.2. The Balaban J connectivity index is 2.09. The molecule has 0 aliphatic rings. The standard InChI is InChI=1S/C16H12N2O3/c19-9-12-15(20)14-13(18-16(12)21)7-11(8-17-14)6-10-4-2-1-3-5-10/h1-5,7-9H,6H2,(H2,18,20,21). The average molecular weight is 280 g/mol. The third-order valence-electron chi connectivity index (χ3n) is 3.29. The van der Waals surface area contributed by atoms with E-state index in [0.717, 1.165) is 11.1 Å². The number of nitrogens with one attached hydrogen (secondary N) is 1. The number of hydrogen-bond donors (Lipinski definition) is 2. The molecule has 3 aromatic rings. The zero-order valence-corrected chi connectivity index (χ0v) is 11.0. The molecule has 2 N–H and O–H groups in total. The number of carbonyl (C=O) groups excluding carboxylic acids is 1. The molecule has 5 nitrogen and oxygen atoms in total. The van der Waals surface area contributed by atoms with E-state index >= 15 is 0 Å². The fourth-order valence-corrected chi connectivity index (χ4v) is 2.25. The molecule has 3 rings (SSSR count). The highest BCUT2D eigenvalue weighted by Crippen LogP contribution is 2.22. The van der Waals surface area contributed by atoms with E-state index in [-0.39, 0.29) is 16.8 Å². The minimum Gasteiger partial charge on any atom is -0.505 e. The Morgan fingerprint density at radius 1 is 1.19 bits per heavy atom. The first-order valence-electron chi connectivity index (χ1n) is 6.42. The van der Waals surface area contributed by atoms with Gasteiger partial charge in [-0.05, 0) is 23.6 Å². The lowest BCUT2D eigenvalue weighted by Crippen LogP contribution is -2.12. The predicted molar refractivity (Wildman–Crippen MR) is 78.7 cm³/mol. The molecule has 0 fully saturated rings. The largest absolute Gasteiger partial charge is 0.505 e. The van der Waals surface area contributed by atoms with Crippen LogP contribution < -0.4 is 5.56 Å². The Morgan fingerprint density at radius 2 is 1.95 bits per heavy atom. The second-order valence-corrected chi connectivity index (χ2v) is 4.74. The fraction of sp³-hybridized carbons (Fsp3) is 0.0625. The first-order chi connectivity index (χ1) is 10.2. The first-order valence-corrected chi connectivity index (χ1v) is 6.42. The normalized spacial score (nSPS) is 10.7. The maximum atomic E-state index is 11.7. The van der Waals surface area contributed by atoms with E-state index in [2.05, 4.69) is 9.97 Å². The minimum absolute atomic E-state index is 0.216. The van der Waals surface area contributed by atoms with Gasteiger partial charge < -0.3 is 10.1 Å². The molecular formula is C16H12N2O3. The minimum atomic E-state index is -0.617. The van der Waals surface area contributed by atoms with Crippen LogP contribution in [-0.2, 0) is 6.42 Å². The molecule has 0 bridgehead atoms. The molecule has 0 radical (unpaired) electrons. The van der Waals surface area contributed by atoms with Crippen LogP contribution in [0.1, 0.15) is 21.5 Å². The van der Waals surface area contributed by atoms with Gasteiger partial charge in [0, 0.05) is 6.20 Å². The van der Waals surface area contributed by atoms with Crippen LogP contribution in [0.4, 0.5) is 0 Å². The zero-order chi connectivity index (χ0) is 14.8. The molecule has 21 heavy (non-hydrogen) atoms. The fourth-order valence-electron chi connectivity index (χ4n) is 2.25. The first kappa shape index (κ1) is 13.1. The van der Waals surface area contributed by atoms with Gasteiger partial charge in [0.1, 0.15) is 11.1 Å². The van der Waals surface area contributed by atoms with Crippen molar-refractivity contribution in [1.29, 1.82) is 0 Å². The van der Waals surface area contributed by atoms with Gasteiger partial charge in [-0.3, -0.25) is 14.6 Å². The summed E-state index contributed by atoms with van der Waals surface area (Å²) in [6.07, 6.45) is 2.62. The van der Waals surface area contributed by atoms with Crippen molar-refractivity contribution >= 4 is 17.3 Å². The summed E-state index contributed by atoms with van der Waals surface area (Å²) in [6.45, 7) is 0. The Hall–Kier alpha value is -2.95. The molecule has 1 aromatic carbocycles. The number of H-pyrrole nitrogens is 1. The van der Waals surface area contributed by atoms with Crippen LogP contribution in [0.15, 0.2) is 47.4 Å². The molecule has 0 amide bonds. The molecule has 2 heterocycles. The van der Waals surface area contributed by atoms with E-state index < -0.39 is 5.56 Å². The topological polar surface area (TPSA) is 83.0 Å². The van der Waals surface area contributed by atoms with Gasteiger partial charge >= 0.3 is 0 Å². The van der Waals surface area contributed by atoms with Crippen molar-refractivity contribution in [3.63, 3.8) is 0 Å². The van der Waals surface area contributed by atoms with Crippen molar-refractivity contribution in [2.24, 2.45) is 0 Å². The SMILES string of the molecule is O=Cc1c(O)c2ncc(Cc3ccccc3)cc2[nH]c1=O. The Morgan fingerprint density at radius 3 is 2.67 bits per heavy atom. The number of carbonyl (C=O) groups is 1. The van der Waals surface area contributed by atoms with Crippen molar-refractivity contribution in [2.75, 3.05) is 0 Å². The number of pyridine rings is 2. The number of nitrogens with zero attached hydrogens (tertiary/aromatic N) is 1. The third-order valence-corrected chi connectivity index (χ3v) is 3.29. The third kappa shape index (κ3) is 2.41. The highest BCUT2D eigenvalue weighted by molar-refractivity contribution is 5.90. The molecule has 0 spiro atoms. The number of benzene rings is 1. The molecule has 0 aliphatic heterocycles. The van der Waals surface area contributed by atoms with Crippen molar-refractivity contribution < 1.29 is 9.90 Å². The Bertz CT molecular complexity index is 870. The van der Waals surface area contributed by atoms with Gasteiger partial charge in [0.05, 0.1) is 5.52 Å².